The predicted molar refractivity (Wildman–Crippen MR) is 133 cm³/mol. The Morgan fingerprint density at radius 1 is 1.08 bits per heavy atom. The van der Waals surface area contributed by atoms with Crippen LogP contribution in [0.2, 0.25) is 0 Å². The van der Waals surface area contributed by atoms with Gasteiger partial charge in [-0.05, 0) is 42.3 Å². The summed E-state index contributed by atoms with van der Waals surface area (Å²) in [4.78, 5) is 9.52. The third-order valence-electron chi connectivity index (χ3n) is 6.09. The third kappa shape index (κ3) is 5.22. The maximum absolute atomic E-state index is 14.0. The molecule has 7 nitrogen and oxygen atoms in total. The van der Waals surface area contributed by atoms with Crippen molar-refractivity contribution in [2.24, 2.45) is 5.92 Å². The third-order valence-corrected chi connectivity index (χ3v) is 8.01. The van der Waals surface area contributed by atoms with Gasteiger partial charge in [0.25, 0.3) is 0 Å². The molecule has 4 aromatic rings. The maximum atomic E-state index is 14.0. The Hall–Kier alpha value is -3.55. The van der Waals surface area contributed by atoms with E-state index in [1.807, 2.05) is 12.1 Å². The second kappa shape index (κ2) is 9.97. The van der Waals surface area contributed by atoms with Crippen LogP contribution < -0.4 is 9.46 Å². The predicted octanol–water partition coefficient (Wildman–Crippen LogP) is 5.56. The van der Waals surface area contributed by atoms with E-state index >= 15 is 0 Å². The normalized spacial score (nSPS) is 17.5. The van der Waals surface area contributed by atoms with E-state index in [0.717, 1.165) is 34.3 Å². The van der Waals surface area contributed by atoms with Crippen molar-refractivity contribution < 1.29 is 35.8 Å². The number of fused-ring (bicyclic) bond motifs is 1. The number of rotatable bonds is 6. The highest BCUT2D eigenvalue weighted by Gasteiger charge is 2.46. The van der Waals surface area contributed by atoms with E-state index in [1.165, 1.54) is 34.3 Å². The number of sulfonamides is 1. The molecule has 2 N–H and O–H groups in total. The van der Waals surface area contributed by atoms with Gasteiger partial charge in [0.05, 0.1) is 28.8 Å². The van der Waals surface area contributed by atoms with Crippen LogP contribution in [-0.2, 0) is 16.4 Å². The molecule has 0 spiro atoms. The molecule has 2 aromatic heterocycles. The number of benzene rings is 2. The lowest BCUT2D eigenvalue weighted by Crippen LogP contribution is -2.30. The molecule has 0 radical (unpaired) electrons. The average molecular weight is 566 g/mol. The van der Waals surface area contributed by atoms with E-state index in [9.17, 15) is 31.1 Å². The molecule has 0 aliphatic carbocycles. The molecule has 2 aromatic carbocycles. The van der Waals surface area contributed by atoms with Crippen molar-refractivity contribution in [1.82, 2.24) is 9.97 Å². The van der Waals surface area contributed by atoms with Crippen LogP contribution in [0.4, 0.5) is 23.2 Å². The van der Waals surface area contributed by atoms with Gasteiger partial charge in [-0.1, -0.05) is 18.2 Å². The van der Waals surface area contributed by atoms with Crippen LogP contribution in [0.25, 0.3) is 21.6 Å². The minimum Gasteiger partial charge on any atom is -0.493 e. The lowest BCUT2D eigenvalue weighted by Gasteiger charge is -2.30. The number of hydrogen-bond acceptors (Lipinski definition) is 7. The first-order chi connectivity index (χ1) is 18.0. The fraction of sp³-hybridized carbons (Fsp3) is 0.200. The lowest BCUT2D eigenvalue weighted by molar-refractivity contribution is -0.0429. The zero-order chi connectivity index (χ0) is 27.1. The average Bonchev–Trinajstić information content (AvgIpc) is 3.41. The molecule has 198 valence electrons. The number of nitrogens with zero attached hydrogens (tertiary/aromatic N) is 2. The SMILES string of the molecule is O=S(=O)(Nc1ccc(F)cc1-c1ccc2c(c1)OC[C@H](Cc1ccc(-c3cncs3)cn1)[C@H]2O)C(F)(F)F. The van der Waals surface area contributed by atoms with Gasteiger partial charge < -0.3 is 9.84 Å². The molecule has 38 heavy (non-hydrogen) atoms. The van der Waals surface area contributed by atoms with E-state index in [1.54, 1.807) is 17.9 Å². The standard InChI is InChI=1S/C25H19F4N3O4S2/c26-17-3-6-21(32-38(34,35)25(27,28)29)20(9-17)14-2-5-19-22(8-14)36-12-16(24(19)33)7-18-4-1-15(10-31-18)23-11-30-13-37-23/h1-6,8-11,13,16,24,32-33H,7,12H2/t16-,24+/m0/s1. The van der Waals surface area contributed by atoms with Gasteiger partial charge in [-0.2, -0.15) is 21.6 Å². The smallest absolute Gasteiger partial charge is 0.493 e. The van der Waals surface area contributed by atoms with Gasteiger partial charge in [-0.25, -0.2) is 4.39 Å². The van der Waals surface area contributed by atoms with Gasteiger partial charge in [-0.15, -0.1) is 11.3 Å². The number of thiazole rings is 1. The zero-order valence-corrected chi connectivity index (χ0v) is 20.9. The van der Waals surface area contributed by atoms with Crippen molar-refractivity contribution in [2.45, 2.75) is 18.0 Å². The van der Waals surface area contributed by atoms with E-state index in [-0.39, 0.29) is 29.4 Å². The summed E-state index contributed by atoms with van der Waals surface area (Å²) in [6, 6.07) is 10.9. The highest BCUT2D eigenvalue weighted by molar-refractivity contribution is 7.93. The minimum absolute atomic E-state index is 0.119. The summed E-state index contributed by atoms with van der Waals surface area (Å²) in [7, 11) is -5.73. The van der Waals surface area contributed by atoms with E-state index in [0.29, 0.717) is 12.0 Å². The van der Waals surface area contributed by atoms with Crippen molar-refractivity contribution >= 4 is 27.0 Å². The molecular weight excluding hydrogens is 546 g/mol. The first-order valence-electron chi connectivity index (χ1n) is 11.2. The Morgan fingerprint density at radius 3 is 2.55 bits per heavy atom. The number of aliphatic hydroxyl groups is 1. The molecule has 1 aliphatic heterocycles. The van der Waals surface area contributed by atoms with Crippen LogP contribution >= 0.6 is 11.3 Å². The number of aromatic nitrogens is 2. The molecule has 1 aliphatic rings. The van der Waals surface area contributed by atoms with Gasteiger partial charge in [0.1, 0.15) is 11.6 Å². The van der Waals surface area contributed by atoms with Crippen LogP contribution in [0, 0.1) is 11.7 Å². The number of hydrogen-bond donors (Lipinski definition) is 2. The van der Waals surface area contributed by atoms with Crippen LogP contribution in [0.1, 0.15) is 17.4 Å². The summed E-state index contributed by atoms with van der Waals surface area (Å²) < 4.78 is 83.3. The van der Waals surface area contributed by atoms with E-state index < -0.39 is 33.1 Å². The molecule has 2 atom stereocenters. The Labute approximate surface area is 218 Å². The fourth-order valence-corrected chi connectivity index (χ4v) is 5.35. The Balaban J connectivity index is 1.37. The van der Waals surface area contributed by atoms with Gasteiger partial charge >= 0.3 is 15.5 Å². The number of aliphatic hydroxyl groups excluding tert-OH is 1. The molecule has 0 saturated carbocycles. The quantitative estimate of drug-likeness (QED) is 0.297. The van der Waals surface area contributed by atoms with Gasteiger partial charge in [0.15, 0.2) is 0 Å². The first kappa shape index (κ1) is 26.1. The van der Waals surface area contributed by atoms with Crippen molar-refractivity contribution in [3.8, 4) is 27.3 Å². The van der Waals surface area contributed by atoms with Crippen LogP contribution in [0.15, 0.2) is 66.4 Å². The summed E-state index contributed by atoms with van der Waals surface area (Å²) in [5.74, 6) is -0.838. The van der Waals surface area contributed by atoms with Crippen molar-refractivity contribution in [2.75, 3.05) is 11.3 Å². The van der Waals surface area contributed by atoms with Crippen LogP contribution in [-0.4, -0.2) is 35.6 Å². The summed E-state index contributed by atoms with van der Waals surface area (Å²) in [6.07, 6.45) is 3.00. The number of ether oxygens (including phenoxy) is 1. The minimum atomic E-state index is -5.73. The summed E-state index contributed by atoms with van der Waals surface area (Å²) >= 11 is 1.50. The number of anilines is 1. The Morgan fingerprint density at radius 2 is 1.87 bits per heavy atom. The second-order valence-corrected chi connectivity index (χ2v) is 11.2. The van der Waals surface area contributed by atoms with Gasteiger partial charge in [0, 0.05) is 40.7 Å². The number of pyridine rings is 1. The van der Waals surface area contributed by atoms with Crippen molar-refractivity contribution in [1.29, 1.82) is 0 Å². The number of nitrogens with one attached hydrogen (secondary N) is 1. The molecule has 0 bridgehead atoms. The Kier molecular flexibility index (Phi) is 6.84. The summed E-state index contributed by atoms with van der Waals surface area (Å²) in [5.41, 5.74) is -2.05. The topological polar surface area (TPSA) is 101 Å². The van der Waals surface area contributed by atoms with Crippen LogP contribution in [0.3, 0.4) is 0 Å². The fourth-order valence-electron chi connectivity index (χ4n) is 4.15. The van der Waals surface area contributed by atoms with Crippen molar-refractivity contribution in [3.63, 3.8) is 0 Å². The largest absolute Gasteiger partial charge is 0.516 e. The second-order valence-electron chi connectivity index (χ2n) is 8.62. The van der Waals surface area contributed by atoms with Gasteiger partial charge in [-0.3, -0.25) is 14.7 Å². The van der Waals surface area contributed by atoms with Crippen molar-refractivity contribution in [3.05, 3.63) is 83.5 Å². The molecular formula is C25H19F4N3O4S2. The molecule has 0 saturated heterocycles. The van der Waals surface area contributed by atoms with Gasteiger partial charge in [0.2, 0.25) is 0 Å². The zero-order valence-electron chi connectivity index (χ0n) is 19.3. The van der Waals surface area contributed by atoms with E-state index in [4.69, 9.17) is 4.74 Å². The van der Waals surface area contributed by atoms with E-state index in [2.05, 4.69) is 9.97 Å². The maximum Gasteiger partial charge on any atom is 0.516 e. The molecule has 0 amide bonds. The number of alkyl halides is 3. The monoisotopic (exact) mass is 565 g/mol. The molecule has 3 heterocycles. The first-order valence-corrected chi connectivity index (χ1v) is 13.6. The lowest BCUT2D eigenvalue weighted by atomic mass is 9.88. The number of halogens is 4. The molecule has 0 fully saturated rings. The molecule has 13 heteroatoms. The highest BCUT2D eigenvalue weighted by atomic mass is 32.2. The highest BCUT2D eigenvalue weighted by Crippen LogP contribution is 2.41. The molecule has 5 rings (SSSR count). The summed E-state index contributed by atoms with van der Waals surface area (Å²) in [5, 5.41) is 11.0. The molecule has 0 unspecified atom stereocenters. The Bertz CT molecular complexity index is 1560. The van der Waals surface area contributed by atoms with Crippen LogP contribution in [0.5, 0.6) is 5.75 Å². The summed E-state index contributed by atoms with van der Waals surface area (Å²) in [6.45, 7) is 0.132.